The van der Waals surface area contributed by atoms with Crippen LogP contribution in [0.15, 0.2) is 54.6 Å². The van der Waals surface area contributed by atoms with Gasteiger partial charge in [0.25, 0.3) is 0 Å². The van der Waals surface area contributed by atoms with E-state index in [9.17, 15) is 5.11 Å². The Balaban J connectivity index is 1.93. The maximum absolute atomic E-state index is 9.31. The summed E-state index contributed by atoms with van der Waals surface area (Å²) in [4.78, 5) is 0. The number of benzene rings is 2. The van der Waals surface area contributed by atoms with E-state index in [1.165, 1.54) is 0 Å². The molecular weight excluding hydrogens is 267 g/mol. The third kappa shape index (κ3) is 1.88. The quantitative estimate of drug-likeness (QED) is 0.805. The van der Waals surface area contributed by atoms with Crippen molar-refractivity contribution in [2.45, 2.75) is 16.2 Å². The van der Waals surface area contributed by atoms with Gasteiger partial charge in [-0.3, -0.25) is 0 Å². The van der Waals surface area contributed by atoms with Gasteiger partial charge in [-0.05, 0) is 23.3 Å². The molecule has 2 unspecified atom stereocenters. The number of hydrogen-bond donors (Lipinski definition) is 1. The van der Waals surface area contributed by atoms with Gasteiger partial charge in [-0.2, -0.15) is 0 Å². The molecule has 0 aromatic heterocycles. The van der Waals surface area contributed by atoms with E-state index in [1.807, 2.05) is 42.5 Å². The van der Waals surface area contributed by atoms with Gasteiger partial charge < -0.3 is 5.11 Å². The monoisotopic (exact) mass is 278 g/mol. The summed E-state index contributed by atoms with van der Waals surface area (Å²) in [6.07, 6.45) is 0. The Bertz CT molecular complexity index is 548. The molecule has 18 heavy (non-hydrogen) atoms. The van der Waals surface area contributed by atoms with Crippen LogP contribution in [0.2, 0.25) is 0 Å². The molecule has 1 nitrogen and oxygen atoms in total. The summed E-state index contributed by atoms with van der Waals surface area (Å²) in [7, 11) is 0. The Morgan fingerprint density at radius 2 is 1.28 bits per heavy atom. The second kappa shape index (κ2) is 4.18. The van der Waals surface area contributed by atoms with E-state index in [1.54, 1.807) is 12.1 Å². The van der Waals surface area contributed by atoms with Gasteiger partial charge in [0, 0.05) is 11.8 Å². The zero-order valence-corrected chi connectivity index (χ0v) is 11.1. The standard InChI is InChI=1S/C15H12Cl2O/c16-15(17)13(10-4-2-1-3-5-10)14(15)11-6-8-12(18)9-7-11/h1-9,13-14,18H. The van der Waals surface area contributed by atoms with Crippen molar-refractivity contribution in [3.05, 3.63) is 65.7 Å². The third-order valence-corrected chi connectivity index (χ3v) is 4.40. The van der Waals surface area contributed by atoms with Crippen molar-refractivity contribution in [1.82, 2.24) is 0 Å². The maximum Gasteiger partial charge on any atom is 0.133 e. The van der Waals surface area contributed by atoms with Crippen LogP contribution >= 0.6 is 23.2 Å². The number of aromatic hydroxyl groups is 1. The molecule has 92 valence electrons. The van der Waals surface area contributed by atoms with E-state index < -0.39 is 4.33 Å². The Kier molecular flexibility index (Phi) is 2.76. The minimum absolute atomic E-state index is 0.0869. The molecule has 1 fully saturated rings. The number of halogens is 2. The molecule has 1 N–H and O–H groups in total. The number of rotatable bonds is 2. The van der Waals surface area contributed by atoms with Crippen LogP contribution < -0.4 is 0 Å². The van der Waals surface area contributed by atoms with E-state index in [2.05, 4.69) is 0 Å². The van der Waals surface area contributed by atoms with Crippen molar-refractivity contribution >= 4 is 23.2 Å². The highest BCUT2D eigenvalue weighted by Gasteiger charge is 2.64. The Hall–Kier alpha value is -1.18. The van der Waals surface area contributed by atoms with E-state index in [-0.39, 0.29) is 17.6 Å². The van der Waals surface area contributed by atoms with Gasteiger partial charge in [0.2, 0.25) is 0 Å². The van der Waals surface area contributed by atoms with Gasteiger partial charge in [0.15, 0.2) is 0 Å². The molecule has 0 bridgehead atoms. The van der Waals surface area contributed by atoms with Crippen LogP contribution in [-0.2, 0) is 0 Å². The van der Waals surface area contributed by atoms with Crippen molar-refractivity contribution in [1.29, 1.82) is 0 Å². The average molecular weight is 279 g/mol. The normalized spacial score (nSPS) is 24.8. The average Bonchev–Trinajstić information content (AvgIpc) is 2.94. The molecule has 1 aliphatic carbocycles. The maximum atomic E-state index is 9.31. The SMILES string of the molecule is Oc1ccc(C2C(c3ccccc3)C2(Cl)Cl)cc1. The van der Waals surface area contributed by atoms with Crippen molar-refractivity contribution in [3.8, 4) is 5.75 Å². The topological polar surface area (TPSA) is 20.2 Å². The van der Waals surface area contributed by atoms with Gasteiger partial charge in [-0.1, -0.05) is 42.5 Å². The van der Waals surface area contributed by atoms with Gasteiger partial charge in [0.05, 0.1) is 0 Å². The van der Waals surface area contributed by atoms with E-state index in [0.717, 1.165) is 11.1 Å². The molecule has 3 heteroatoms. The second-order valence-electron chi connectivity index (χ2n) is 4.63. The zero-order chi connectivity index (χ0) is 12.8. The predicted octanol–water partition coefficient (Wildman–Crippen LogP) is 4.45. The fraction of sp³-hybridized carbons (Fsp3) is 0.200. The molecule has 0 radical (unpaired) electrons. The molecule has 0 heterocycles. The summed E-state index contributed by atoms with van der Waals surface area (Å²) in [6, 6.07) is 17.1. The van der Waals surface area contributed by atoms with Gasteiger partial charge in [-0.15, -0.1) is 23.2 Å². The van der Waals surface area contributed by atoms with Crippen LogP contribution in [0, 0.1) is 0 Å². The van der Waals surface area contributed by atoms with Crippen LogP contribution in [0.1, 0.15) is 23.0 Å². The fourth-order valence-corrected chi connectivity index (χ4v) is 3.38. The fourth-order valence-electron chi connectivity index (χ4n) is 2.50. The molecule has 2 atom stereocenters. The van der Waals surface area contributed by atoms with Gasteiger partial charge in [-0.25, -0.2) is 0 Å². The molecule has 0 spiro atoms. The first-order valence-electron chi connectivity index (χ1n) is 5.82. The highest BCUT2D eigenvalue weighted by molar-refractivity contribution is 6.52. The molecule has 1 aliphatic rings. The summed E-state index contributed by atoms with van der Waals surface area (Å²) in [6.45, 7) is 0. The minimum atomic E-state index is -0.752. The first-order valence-corrected chi connectivity index (χ1v) is 6.58. The largest absolute Gasteiger partial charge is 0.508 e. The second-order valence-corrected chi connectivity index (χ2v) is 6.08. The van der Waals surface area contributed by atoms with Crippen LogP contribution in [-0.4, -0.2) is 9.44 Å². The first kappa shape index (κ1) is 11.9. The summed E-state index contributed by atoms with van der Waals surface area (Å²) in [5.41, 5.74) is 2.22. The lowest BCUT2D eigenvalue weighted by molar-refractivity contribution is 0.475. The van der Waals surface area contributed by atoms with E-state index in [4.69, 9.17) is 23.2 Å². The summed E-state index contributed by atoms with van der Waals surface area (Å²) in [5.74, 6) is 0.459. The van der Waals surface area contributed by atoms with E-state index >= 15 is 0 Å². The van der Waals surface area contributed by atoms with Crippen LogP contribution in [0.25, 0.3) is 0 Å². The number of hydrogen-bond acceptors (Lipinski definition) is 1. The zero-order valence-electron chi connectivity index (χ0n) is 9.55. The number of phenolic OH excluding ortho intramolecular Hbond substituents is 1. The Morgan fingerprint density at radius 3 is 1.83 bits per heavy atom. The third-order valence-electron chi connectivity index (χ3n) is 3.46. The lowest BCUT2D eigenvalue weighted by atomic mass is 10.0. The molecule has 0 amide bonds. The van der Waals surface area contributed by atoms with Crippen LogP contribution in [0.5, 0.6) is 5.75 Å². The highest BCUT2D eigenvalue weighted by Crippen LogP contribution is 2.70. The predicted molar refractivity (Wildman–Crippen MR) is 74.5 cm³/mol. The first-order chi connectivity index (χ1) is 8.60. The number of alkyl halides is 2. The van der Waals surface area contributed by atoms with Crippen molar-refractivity contribution in [3.63, 3.8) is 0 Å². The summed E-state index contributed by atoms with van der Waals surface area (Å²) >= 11 is 12.8. The molecule has 1 saturated carbocycles. The lowest BCUT2D eigenvalue weighted by Crippen LogP contribution is -1.90. The molecule has 2 aromatic carbocycles. The molecular formula is C15H12Cl2O. The van der Waals surface area contributed by atoms with E-state index in [0.29, 0.717) is 0 Å². The van der Waals surface area contributed by atoms with Gasteiger partial charge in [0.1, 0.15) is 10.1 Å². The molecule has 0 aliphatic heterocycles. The summed E-state index contributed by atoms with van der Waals surface area (Å²) < 4.78 is -0.752. The Labute approximate surface area is 116 Å². The minimum Gasteiger partial charge on any atom is -0.508 e. The molecule has 2 aromatic rings. The molecule has 3 rings (SSSR count). The highest BCUT2D eigenvalue weighted by atomic mass is 35.5. The smallest absolute Gasteiger partial charge is 0.133 e. The van der Waals surface area contributed by atoms with Crippen molar-refractivity contribution in [2.75, 3.05) is 0 Å². The van der Waals surface area contributed by atoms with Crippen LogP contribution in [0.3, 0.4) is 0 Å². The van der Waals surface area contributed by atoms with Crippen molar-refractivity contribution in [2.24, 2.45) is 0 Å². The number of phenols is 1. The van der Waals surface area contributed by atoms with Crippen LogP contribution in [0.4, 0.5) is 0 Å². The lowest BCUT2D eigenvalue weighted by Gasteiger charge is -2.00. The van der Waals surface area contributed by atoms with Crippen molar-refractivity contribution < 1.29 is 5.11 Å². The van der Waals surface area contributed by atoms with Gasteiger partial charge >= 0.3 is 0 Å². The molecule has 0 saturated heterocycles. The summed E-state index contributed by atoms with van der Waals surface area (Å²) in [5, 5.41) is 9.31. The Morgan fingerprint density at radius 1 is 0.778 bits per heavy atom.